The second kappa shape index (κ2) is 9.60. The van der Waals surface area contributed by atoms with Gasteiger partial charge in [-0.2, -0.15) is 0 Å². The van der Waals surface area contributed by atoms with Gasteiger partial charge in [-0.15, -0.1) is 0 Å². The fourth-order valence-corrected chi connectivity index (χ4v) is 4.15. The molecule has 1 aliphatic rings. The highest BCUT2D eigenvalue weighted by molar-refractivity contribution is 5.76. The molecule has 3 heterocycles. The minimum Gasteiger partial charge on any atom is -0.496 e. The molecule has 6 nitrogen and oxygen atoms in total. The number of hydrogen-bond donors (Lipinski definition) is 1. The molecule has 1 saturated heterocycles. The van der Waals surface area contributed by atoms with Crippen LogP contribution in [0.15, 0.2) is 60.9 Å². The maximum Gasteiger partial charge on any atom is 0.222 e. The molecule has 3 aromatic rings. The Morgan fingerprint density at radius 3 is 2.58 bits per heavy atom. The highest BCUT2D eigenvalue weighted by Gasteiger charge is 2.25. The van der Waals surface area contributed by atoms with E-state index in [1.165, 1.54) is 0 Å². The van der Waals surface area contributed by atoms with Gasteiger partial charge >= 0.3 is 0 Å². The summed E-state index contributed by atoms with van der Waals surface area (Å²) < 4.78 is 5.40. The van der Waals surface area contributed by atoms with Crippen molar-refractivity contribution in [3.8, 4) is 16.9 Å². The molecule has 0 radical (unpaired) electrons. The summed E-state index contributed by atoms with van der Waals surface area (Å²) in [7, 11) is 1.66. The Morgan fingerprint density at radius 2 is 1.87 bits per heavy atom. The zero-order chi connectivity index (χ0) is 21.6. The van der Waals surface area contributed by atoms with Crippen LogP contribution in [0.1, 0.15) is 36.4 Å². The molecular formula is C25H28N4O2. The number of aromatic nitrogens is 2. The zero-order valence-corrected chi connectivity index (χ0v) is 17.8. The third-order valence-electron chi connectivity index (χ3n) is 5.90. The van der Waals surface area contributed by atoms with E-state index in [2.05, 4.69) is 17.1 Å². The number of methoxy groups -OCH3 is 1. The number of ether oxygens (including phenoxy) is 1. The summed E-state index contributed by atoms with van der Waals surface area (Å²) in [5, 5.41) is 0. The van der Waals surface area contributed by atoms with E-state index in [0.717, 1.165) is 54.1 Å². The standard InChI is InChI=1S/C25H28N4O2/c1-31-23-7-3-2-5-18(23)10-13-25(30)29-14-4-6-21(17-29)22-11-8-19(15-27-22)20-9-12-24(26)28-16-20/h2-3,5,7-9,11-12,15-16,21H,4,6,10,13-14,17H2,1H3,(H2,26,28)/t21-/m1/s1. The molecule has 4 rings (SSSR count). The Balaban J connectivity index is 1.37. The van der Waals surface area contributed by atoms with Gasteiger partial charge < -0.3 is 15.4 Å². The molecule has 0 unspecified atom stereocenters. The van der Waals surface area contributed by atoms with Crippen molar-refractivity contribution in [1.29, 1.82) is 0 Å². The number of carbonyl (C=O) groups excluding carboxylic acids is 1. The Morgan fingerprint density at radius 1 is 1.10 bits per heavy atom. The van der Waals surface area contributed by atoms with Crippen molar-refractivity contribution >= 4 is 11.7 Å². The number of hydrogen-bond acceptors (Lipinski definition) is 5. The largest absolute Gasteiger partial charge is 0.496 e. The predicted octanol–water partition coefficient (Wildman–Crippen LogP) is 4.07. The van der Waals surface area contributed by atoms with Gasteiger partial charge in [-0.1, -0.05) is 24.3 Å². The summed E-state index contributed by atoms with van der Waals surface area (Å²) in [6.07, 6.45) is 6.86. The summed E-state index contributed by atoms with van der Waals surface area (Å²) in [4.78, 5) is 23.7. The average molecular weight is 417 g/mol. The van der Waals surface area contributed by atoms with Gasteiger partial charge in [-0.25, -0.2) is 4.98 Å². The van der Waals surface area contributed by atoms with Gasteiger partial charge in [0.2, 0.25) is 5.91 Å². The molecular weight excluding hydrogens is 388 g/mol. The molecule has 0 aliphatic carbocycles. The van der Waals surface area contributed by atoms with E-state index in [9.17, 15) is 4.79 Å². The lowest BCUT2D eigenvalue weighted by molar-refractivity contribution is -0.132. The van der Waals surface area contributed by atoms with E-state index < -0.39 is 0 Å². The first-order valence-corrected chi connectivity index (χ1v) is 10.7. The number of rotatable bonds is 6. The number of amides is 1. The number of para-hydroxylation sites is 1. The Hall–Kier alpha value is -3.41. The highest BCUT2D eigenvalue weighted by Crippen LogP contribution is 2.28. The monoisotopic (exact) mass is 416 g/mol. The van der Waals surface area contributed by atoms with Gasteiger partial charge in [-0.05, 0) is 49.1 Å². The number of piperidine rings is 1. The summed E-state index contributed by atoms with van der Waals surface area (Å²) in [6, 6.07) is 15.8. The van der Waals surface area contributed by atoms with E-state index in [-0.39, 0.29) is 11.8 Å². The van der Waals surface area contributed by atoms with Crippen molar-refractivity contribution < 1.29 is 9.53 Å². The van der Waals surface area contributed by atoms with E-state index in [1.54, 1.807) is 19.4 Å². The molecule has 6 heteroatoms. The van der Waals surface area contributed by atoms with E-state index in [4.69, 9.17) is 15.5 Å². The van der Waals surface area contributed by atoms with E-state index in [1.807, 2.05) is 41.4 Å². The molecule has 0 bridgehead atoms. The van der Waals surface area contributed by atoms with Crippen LogP contribution < -0.4 is 10.5 Å². The molecule has 1 fully saturated rings. The zero-order valence-electron chi connectivity index (χ0n) is 17.8. The minimum atomic E-state index is 0.195. The fourth-order valence-electron chi connectivity index (χ4n) is 4.15. The number of carbonyl (C=O) groups is 1. The molecule has 1 atom stereocenters. The third-order valence-corrected chi connectivity index (χ3v) is 5.90. The minimum absolute atomic E-state index is 0.195. The van der Waals surface area contributed by atoms with Crippen LogP contribution in [-0.4, -0.2) is 41.0 Å². The van der Waals surface area contributed by atoms with Crippen LogP contribution in [-0.2, 0) is 11.2 Å². The first kappa shape index (κ1) is 20.8. The van der Waals surface area contributed by atoms with Crippen LogP contribution in [0.25, 0.3) is 11.1 Å². The quantitative estimate of drug-likeness (QED) is 0.655. The van der Waals surface area contributed by atoms with Crippen molar-refractivity contribution in [2.24, 2.45) is 0 Å². The summed E-state index contributed by atoms with van der Waals surface area (Å²) in [6.45, 7) is 1.54. The molecule has 160 valence electrons. The van der Waals surface area contributed by atoms with E-state index >= 15 is 0 Å². The molecule has 31 heavy (non-hydrogen) atoms. The second-order valence-corrected chi connectivity index (χ2v) is 7.93. The van der Waals surface area contributed by atoms with Crippen LogP contribution in [0.3, 0.4) is 0 Å². The number of likely N-dealkylation sites (tertiary alicyclic amines) is 1. The fraction of sp³-hybridized carbons (Fsp3) is 0.320. The molecule has 0 saturated carbocycles. The topological polar surface area (TPSA) is 81.3 Å². The van der Waals surface area contributed by atoms with Gasteiger partial charge in [0.1, 0.15) is 11.6 Å². The van der Waals surface area contributed by atoms with Crippen LogP contribution in [0.5, 0.6) is 5.75 Å². The molecule has 2 N–H and O–H groups in total. The van der Waals surface area contributed by atoms with Crippen LogP contribution in [0.2, 0.25) is 0 Å². The van der Waals surface area contributed by atoms with Crippen molar-refractivity contribution in [2.75, 3.05) is 25.9 Å². The van der Waals surface area contributed by atoms with Gasteiger partial charge in [0.15, 0.2) is 0 Å². The third kappa shape index (κ3) is 5.02. The average Bonchev–Trinajstić information content (AvgIpc) is 2.83. The van der Waals surface area contributed by atoms with Crippen molar-refractivity contribution in [3.05, 3.63) is 72.2 Å². The Labute approximate surface area is 183 Å². The SMILES string of the molecule is COc1ccccc1CCC(=O)N1CCC[C@@H](c2ccc(-c3ccc(N)nc3)cn2)C1. The summed E-state index contributed by atoms with van der Waals surface area (Å²) in [5.41, 5.74) is 9.78. The van der Waals surface area contributed by atoms with Gasteiger partial charge in [0, 0.05) is 54.6 Å². The highest BCUT2D eigenvalue weighted by atomic mass is 16.5. The number of nitrogen functional groups attached to an aromatic ring is 1. The Bertz CT molecular complexity index is 1020. The maximum absolute atomic E-state index is 12.9. The van der Waals surface area contributed by atoms with Crippen molar-refractivity contribution in [3.63, 3.8) is 0 Å². The second-order valence-electron chi connectivity index (χ2n) is 7.93. The summed E-state index contributed by atoms with van der Waals surface area (Å²) >= 11 is 0. The van der Waals surface area contributed by atoms with E-state index in [0.29, 0.717) is 18.7 Å². The number of pyridine rings is 2. The van der Waals surface area contributed by atoms with Gasteiger partial charge in [-0.3, -0.25) is 9.78 Å². The number of benzene rings is 1. The van der Waals surface area contributed by atoms with Crippen LogP contribution in [0.4, 0.5) is 5.82 Å². The molecule has 1 aromatic carbocycles. The lowest BCUT2D eigenvalue weighted by atomic mass is 9.93. The number of anilines is 1. The maximum atomic E-state index is 12.9. The van der Waals surface area contributed by atoms with Crippen molar-refractivity contribution in [1.82, 2.24) is 14.9 Å². The Kier molecular flexibility index (Phi) is 6.46. The van der Waals surface area contributed by atoms with Crippen LogP contribution in [0, 0.1) is 0 Å². The van der Waals surface area contributed by atoms with Gasteiger partial charge in [0.05, 0.1) is 7.11 Å². The number of nitrogens with two attached hydrogens (primary N) is 1. The van der Waals surface area contributed by atoms with Crippen molar-refractivity contribution in [2.45, 2.75) is 31.6 Å². The normalized spacial score (nSPS) is 16.2. The molecule has 0 spiro atoms. The molecule has 2 aromatic heterocycles. The first-order valence-electron chi connectivity index (χ1n) is 10.7. The smallest absolute Gasteiger partial charge is 0.222 e. The number of aryl methyl sites for hydroxylation is 1. The van der Waals surface area contributed by atoms with Gasteiger partial charge in [0.25, 0.3) is 0 Å². The predicted molar refractivity (Wildman–Crippen MR) is 122 cm³/mol. The number of nitrogens with zero attached hydrogens (tertiary/aromatic N) is 3. The first-order chi connectivity index (χ1) is 15.1. The lowest BCUT2D eigenvalue weighted by Crippen LogP contribution is -2.39. The lowest BCUT2D eigenvalue weighted by Gasteiger charge is -2.32. The molecule has 1 amide bonds. The molecule has 1 aliphatic heterocycles. The summed E-state index contributed by atoms with van der Waals surface area (Å²) in [5.74, 6) is 1.81. The van der Waals surface area contributed by atoms with Crippen LogP contribution >= 0.6 is 0 Å².